The molecule has 4 nitrogen and oxygen atoms in total. The quantitative estimate of drug-likeness (QED) is 0.926. The second-order valence-electron chi connectivity index (χ2n) is 3.16. The third-order valence-electron chi connectivity index (χ3n) is 1.96. The summed E-state index contributed by atoms with van der Waals surface area (Å²) in [4.78, 5) is 19.9. The summed E-state index contributed by atoms with van der Waals surface area (Å²) in [5.74, 6) is -0.588. The van der Waals surface area contributed by atoms with Crippen molar-refractivity contribution in [2.45, 2.75) is 6.92 Å². The van der Waals surface area contributed by atoms with Crippen molar-refractivity contribution in [2.24, 2.45) is 0 Å². The molecule has 6 heteroatoms. The molecule has 82 valence electrons. The minimum atomic E-state index is -1.03. The number of halogens is 1. The fourth-order valence-corrected chi connectivity index (χ4v) is 2.57. The Kier molecular flexibility index (Phi) is 3.02. The lowest BCUT2D eigenvalue weighted by Crippen LogP contribution is -2.05. The number of aromatic carboxylic acids is 1. The zero-order valence-electron chi connectivity index (χ0n) is 8.27. The maximum absolute atomic E-state index is 10.9. The van der Waals surface area contributed by atoms with E-state index in [1.165, 1.54) is 17.5 Å². The molecule has 2 heterocycles. The van der Waals surface area contributed by atoms with E-state index in [2.05, 4.69) is 25.9 Å². The van der Waals surface area contributed by atoms with E-state index in [1.54, 1.807) is 6.92 Å². The highest BCUT2D eigenvalue weighted by atomic mass is 79.9. The highest BCUT2D eigenvalue weighted by molar-refractivity contribution is 9.10. The highest BCUT2D eigenvalue weighted by Gasteiger charge is 2.12. The van der Waals surface area contributed by atoms with Gasteiger partial charge >= 0.3 is 5.97 Å². The summed E-state index contributed by atoms with van der Waals surface area (Å²) in [6.07, 6.45) is 1.53. The topological polar surface area (TPSA) is 63.1 Å². The molecule has 0 saturated heterocycles. The van der Waals surface area contributed by atoms with Gasteiger partial charge in [-0.05, 0) is 28.9 Å². The zero-order valence-corrected chi connectivity index (χ0v) is 10.7. The van der Waals surface area contributed by atoms with Crippen LogP contribution in [0.15, 0.2) is 22.1 Å². The first-order valence-corrected chi connectivity index (χ1v) is 6.06. The average Bonchev–Trinajstić information content (AvgIpc) is 2.65. The van der Waals surface area contributed by atoms with Crippen LogP contribution in [0.2, 0.25) is 0 Å². The highest BCUT2D eigenvalue weighted by Crippen LogP contribution is 2.27. The molecule has 0 saturated carbocycles. The van der Waals surface area contributed by atoms with Crippen molar-refractivity contribution < 1.29 is 9.90 Å². The Hall–Kier alpha value is -1.27. The SMILES string of the molecule is Cc1cnc(-c2cc(Br)cs2)nc1C(=O)O. The lowest BCUT2D eigenvalue weighted by molar-refractivity contribution is 0.0689. The molecule has 0 unspecified atom stereocenters. The number of hydrogen-bond donors (Lipinski definition) is 1. The third kappa shape index (κ3) is 2.12. The van der Waals surface area contributed by atoms with E-state index >= 15 is 0 Å². The Bertz CT molecular complexity index is 554. The number of aromatic nitrogens is 2. The van der Waals surface area contributed by atoms with E-state index in [-0.39, 0.29) is 5.69 Å². The van der Waals surface area contributed by atoms with Crippen molar-refractivity contribution in [3.63, 3.8) is 0 Å². The molecule has 2 rings (SSSR count). The van der Waals surface area contributed by atoms with Crippen LogP contribution >= 0.6 is 27.3 Å². The third-order valence-corrected chi connectivity index (χ3v) is 3.65. The predicted octanol–water partition coefficient (Wildman–Crippen LogP) is 2.97. The minimum absolute atomic E-state index is 0.0505. The lowest BCUT2D eigenvalue weighted by atomic mass is 10.2. The fraction of sp³-hybridized carbons (Fsp3) is 0.100. The van der Waals surface area contributed by atoms with Gasteiger partial charge in [0.15, 0.2) is 11.5 Å². The van der Waals surface area contributed by atoms with Gasteiger partial charge in [0.2, 0.25) is 0 Å². The summed E-state index contributed by atoms with van der Waals surface area (Å²) in [7, 11) is 0. The first-order chi connectivity index (χ1) is 7.58. The van der Waals surface area contributed by atoms with Crippen molar-refractivity contribution >= 4 is 33.2 Å². The molecule has 0 bridgehead atoms. The van der Waals surface area contributed by atoms with Gasteiger partial charge in [-0.25, -0.2) is 14.8 Å². The van der Waals surface area contributed by atoms with Crippen LogP contribution in [-0.2, 0) is 0 Å². The lowest BCUT2D eigenvalue weighted by Gasteiger charge is -2.01. The molecule has 0 spiro atoms. The van der Waals surface area contributed by atoms with Crippen LogP contribution in [0.4, 0.5) is 0 Å². The molecular weight excluding hydrogens is 292 g/mol. The molecule has 16 heavy (non-hydrogen) atoms. The summed E-state index contributed by atoms with van der Waals surface area (Å²) >= 11 is 4.79. The zero-order chi connectivity index (χ0) is 11.7. The second-order valence-corrected chi connectivity index (χ2v) is 4.99. The molecule has 2 aromatic rings. The molecule has 0 aromatic carbocycles. The number of aryl methyl sites for hydroxylation is 1. The molecule has 0 aliphatic rings. The maximum atomic E-state index is 10.9. The summed E-state index contributed by atoms with van der Waals surface area (Å²) in [5.41, 5.74) is 0.612. The summed E-state index contributed by atoms with van der Waals surface area (Å²) in [6.45, 7) is 1.68. The van der Waals surface area contributed by atoms with Crippen LogP contribution in [0.1, 0.15) is 16.1 Å². The van der Waals surface area contributed by atoms with Crippen LogP contribution in [0.25, 0.3) is 10.7 Å². The Balaban J connectivity index is 2.51. The van der Waals surface area contributed by atoms with Crippen LogP contribution in [0.3, 0.4) is 0 Å². The van der Waals surface area contributed by atoms with E-state index in [4.69, 9.17) is 5.11 Å². The molecule has 0 fully saturated rings. The van der Waals surface area contributed by atoms with E-state index in [0.29, 0.717) is 11.4 Å². The van der Waals surface area contributed by atoms with Crippen LogP contribution < -0.4 is 0 Å². The van der Waals surface area contributed by atoms with Crippen molar-refractivity contribution in [3.8, 4) is 10.7 Å². The van der Waals surface area contributed by atoms with Gasteiger partial charge in [-0.2, -0.15) is 0 Å². The Morgan fingerprint density at radius 1 is 1.56 bits per heavy atom. The monoisotopic (exact) mass is 298 g/mol. The first-order valence-electron chi connectivity index (χ1n) is 4.39. The van der Waals surface area contributed by atoms with Gasteiger partial charge in [0.05, 0.1) is 4.88 Å². The normalized spacial score (nSPS) is 10.4. The number of carbonyl (C=O) groups is 1. The number of carboxylic acids is 1. The maximum Gasteiger partial charge on any atom is 0.354 e. The Morgan fingerprint density at radius 2 is 2.31 bits per heavy atom. The van der Waals surface area contributed by atoms with Crippen molar-refractivity contribution in [1.82, 2.24) is 9.97 Å². The van der Waals surface area contributed by atoms with E-state index in [9.17, 15) is 4.79 Å². The second kappa shape index (κ2) is 4.31. The van der Waals surface area contributed by atoms with E-state index < -0.39 is 5.97 Å². The summed E-state index contributed by atoms with van der Waals surface area (Å²) in [5, 5.41) is 10.8. The summed E-state index contributed by atoms with van der Waals surface area (Å²) < 4.78 is 0.938. The van der Waals surface area contributed by atoms with Crippen molar-refractivity contribution in [3.05, 3.63) is 33.4 Å². The average molecular weight is 299 g/mol. The molecular formula is C10H7BrN2O2S. The molecule has 0 aliphatic carbocycles. The molecule has 0 radical (unpaired) electrons. The standard InChI is InChI=1S/C10H7BrN2O2S/c1-5-3-12-9(13-8(5)10(14)15)7-2-6(11)4-16-7/h2-4H,1H3,(H,14,15). The number of hydrogen-bond acceptors (Lipinski definition) is 4. The van der Waals surface area contributed by atoms with Gasteiger partial charge in [-0.1, -0.05) is 0 Å². The van der Waals surface area contributed by atoms with Gasteiger partial charge in [-0.3, -0.25) is 0 Å². The summed E-state index contributed by atoms with van der Waals surface area (Å²) in [6, 6.07) is 1.86. The Labute approximate surface area is 104 Å². The van der Waals surface area contributed by atoms with Gasteiger partial charge in [-0.15, -0.1) is 11.3 Å². The van der Waals surface area contributed by atoms with Crippen molar-refractivity contribution in [2.75, 3.05) is 0 Å². The molecule has 2 aromatic heterocycles. The van der Waals surface area contributed by atoms with Crippen LogP contribution in [-0.4, -0.2) is 21.0 Å². The van der Waals surface area contributed by atoms with E-state index in [0.717, 1.165) is 9.35 Å². The number of thiophene rings is 1. The van der Waals surface area contributed by atoms with Gasteiger partial charge in [0, 0.05) is 21.6 Å². The number of carboxylic acid groups (broad SMARTS) is 1. The largest absolute Gasteiger partial charge is 0.477 e. The molecule has 0 aliphatic heterocycles. The first kappa shape index (κ1) is 11.2. The number of rotatable bonds is 2. The molecule has 1 N–H and O–H groups in total. The minimum Gasteiger partial charge on any atom is -0.477 e. The van der Waals surface area contributed by atoms with Gasteiger partial charge in [0.1, 0.15) is 0 Å². The van der Waals surface area contributed by atoms with Gasteiger partial charge < -0.3 is 5.11 Å². The smallest absolute Gasteiger partial charge is 0.354 e. The molecule has 0 amide bonds. The predicted molar refractivity (Wildman–Crippen MR) is 64.7 cm³/mol. The van der Waals surface area contributed by atoms with Gasteiger partial charge in [0.25, 0.3) is 0 Å². The number of nitrogens with zero attached hydrogens (tertiary/aromatic N) is 2. The van der Waals surface area contributed by atoms with Crippen molar-refractivity contribution in [1.29, 1.82) is 0 Å². The van der Waals surface area contributed by atoms with Crippen LogP contribution in [0, 0.1) is 6.92 Å². The fourth-order valence-electron chi connectivity index (χ4n) is 1.21. The molecule has 0 atom stereocenters. The Morgan fingerprint density at radius 3 is 2.88 bits per heavy atom. The van der Waals surface area contributed by atoms with Crippen LogP contribution in [0.5, 0.6) is 0 Å². The van der Waals surface area contributed by atoms with E-state index in [1.807, 2.05) is 11.4 Å².